The molecule has 0 bridgehead atoms. The highest BCUT2D eigenvalue weighted by Crippen LogP contribution is 2.50. The van der Waals surface area contributed by atoms with E-state index in [4.69, 9.17) is 9.72 Å². The number of esters is 1. The van der Waals surface area contributed by atoms with Gasteiger partial charge < -0.3 is 9.64 Å². The van der Waals surface area contributed by atoms with Crippen molar-refractivity contribution in [3.8, 4) is 11.3 Å². The second kappa shape index (κ2) is 8.40. The highest BCUT2D eigenvalue weighted by atomic mass is 32.1. The molecule has 0 aliphatic carbocycles. The molecule has 0 spiro atoms. The average Bonchev–Trinajstić information content (AvgIpc) is 3.58. The molecule has 1 atom stereocenters. The van der Waals surface area contributed by atoms with Crippen LogP contribution in [0.5, 0.6) is 0 Å². The SMILES string of the molecule is CCN(CC)c1ccc(C2(c3c(-c4ccccc4)nc4sccn34)OC(=O)c3ccccc32)cc1. The number of aromatic nitrogens is 2. The molecular formula is C29H25N3O2S. The molecule has 2 aromatic heterocycles. The van der Waals surface area contributed by atoms with E-state index in [2.05, 4.69) is 59.5 Å². The topological polar surface area (TPSA) is 46.8 Å². The van der Waals surface area contributed by atoms with Crippen LogP contribution in [0.15, 0.2) is 90.4 Å². The number of nitrogens with zero attached hydrogens (tertiary/aromatic N) is 3. The van der Waals surface area contributed by atoms with Gasteiger partial charge >= 0.3 is 5.97 Å². The Bertz CT molecular complexity index is 1520. The summed E-state index contributed by atoms with van der Waals surface area (Å²) in [6.45, 7) is 6.16. The van der Waals surface area contributed by atoms with Crippen LogP contribution >= 0.6 is 11.3 Å². The van der Waals surface area contributed by atoms with E-state index < -0.39 is 5.60 Å². The van der Waals surface area contributed by atoms with Gasteiger partial charge in [0.2, 0.25) is 5.60 Å². The molecule has 6 rings (SSSR count). The van der Waals surface area contributed by atoms with Crippen molar-refractivity contribution in [2.45, 2.75) is 19.4 Å². The molecule has 0 radical (unpaired) electrons. The van der Waals surface area contributed by atoms with Crippen molar-refractivity contribution in [1.82, 2.24) is 9.38 Å². The minimum Gasteiger partial charge on any atom is -0.439 e. The van der Waals surface area contributed by atoms with Crippen molar-refractivity contribution in [3.05, 3.63) is 113 Å². The van der Waals surface area contributed by atoms with Crippen LogP contribution in [0.1, 0.15) is 41.0 Å². The van der Waals surface area contributed by atoms with Gasteiger partial charge in [-0.15, -0.1) is 11.3 Å². The van der Waals surface area contributed by atoms with Crippen molar-refractivity contribution < 1.29 is 9.53 Å². The Hall–Kier alpha value is -3.90. The molecule has 1 aliphatic rings. The predicted molar refractivity (Wildman–Crippen MR) is 140 cm³/mol. The van der Waals surface area contributed by atoms with Gasteiger partial charge in [-0.2, -0.15) is 0 Å². The van der Waals surface area contributed by atoms with Crippen LogP contribution in [0.3, 0.4) is 0 Å². The smallest absolute Gasteiger partial charge is 0.340 e. The van der Waals surface area contributed by atoms with Gasteiger partial charge in [0, 0.05) is 47.0 Å². The highest BCUT2D eigenvalue weighted by Gasteiger charge is 2.52. The van der Waals surface area contributed by atoms with E-state index >= 15 is 0 Å². The molecule has 35 heavy (non-hydrogen) atoms. The van der Waals surface area contributed by atoms with Crippen LogP contribution in [0, 0.1) is 0 Å². The summed E-state index contributed by atoms with van der Waals surface area (Å²) in [6.07, 6.45) is 2.01. The molecular weight excluding hydrogens is 454 g/mol. The lowest BCUT2D eigenvalue weighted by molar-refractivity contribution is 0.0238. The molecule has 0 saturated carbocycles. The van der Waals surface area contributed by atoms with Gasteiger partial charge in [0.1, 0.15) is 5.69 Å². The van der Waals surface area contributed by atoms with Crippen molar-refractivity contribution in [3.63, 3.8) is 0 Å². The number of rotatable bonds is 6. The quantitative estimate of drug-likeness (QED) is 0.266. The first-order valence-electron chi connectivity index (χ1n) is 11.9. The third-order valence-electron chi connectivity index (χ3n) is 6.82. The normalized spacial score (nSPS) is 16.9. The number of carbonyl (C=O) groups excluding carboxylic acids is 1. The van der Waals surface area contributed by atoms with Gasteiger partial charge in [-0.1, -0.05) is 60.7 Å². The van der Waals surface area contributed by atoms with E-state index in [1.807, 2.05) is 54.0 Å². The Kier molecular flexibility index (Phi) is 5.19. The molecule has 5 nitrogen and oxygen atoms in total. The minimum absolute atomic E-state index is 0.322. The molecule has 1 unspecified atom stereocenters. The third-order valence-corrected chi connectivity index (χ3v) is 7.57. The highest BCUT2D eigenvalue weighted by molar-refractivity contribution is 7.15. The van der Waals surface area contributed by atoms with Gasteiger partial charge in [0.15, 0.2) is 4.96 Å². The first-order chi connectivity index (χ1) is 17.2. The van der Waals surface area contributed by atoms with Gasteiger partial charge in [-0.25, -0.2) is 9.78 Å². The number of ether oxygens (including phenoxy) is 1. The zero-order chi connectivity index (χ0) is 24.0. The number of carbonyl (C=O) groups is 1. The zero-order valence-corrected chi connectivity index (χ0v) is 20.5. The Labute approximate surface area is 208 Å². The largest absolute Gasteiger partial charge is 0.439 e. The van der Waals surface area contributed by atoms with Crippen LogP contribution in [0.2, 0.25) is 0 Å². The molecule has 0 saturated heterocycles. The maximum absolute atomic E-state index is 13.3. The summed E-state index contributed by atoms with van der Waals surface area (Å²) in [6, 6.07) is 26.2. The molecule has 6 heteroatoms. The summed E-state index contributed by atoms with van der Waals surface area (Å²) in [5, 5.41) is 2.01. The van der Waals surface area contributed by atoms with Crippen molar-refractivity contribution >= 4 is 28.0 Å². The van der Waals surface area contributed by atoms with Gasteiger partial charge in [-0.05, 0) is 32.0 Å². The second-order valence-corrected chi connectivity index (χ2v) is 9.44. The Morgan fingerprint density at radius 2 is 1.66 bits per heavy atom. The zero-order valence-electron chi connectivity index (χ0n) is 19.6. The average molecular weight is 480 g/mol. The summed E-state index contributed by atoms with van der Waals surface area (Å²) in [7, 11) is 0. The number of hydrogen-bond acceptors (Lipinski definition) is 5. The van der Waals surface area contributed by atoms with Crippen molar-refractivity contribution in [2.24, 2.45) is 0 Å². The Balaban J connectivity index is 1.67. The summed E-state index contributed by atoms with van der Waals surface area (Å²) in [4.78, 5) is 21.5. The molecule has 1 aliphatic heterocycles. The molecule has 3 heterocycles. The van der Waals surface area contributed by atoms with Gasteiger partial charge in [0.05, 0.1) is 11.3 Å². The van der Waals surface area contributed by atoms with E-state index in [1.165, 1.54) is 0 Å². The fourth-order valence-electron chi connectivity index (χ4n) is 5.16. The lowest BCUT2D eigenvalue weighted by Crippen LogP contribution is -2.32. The Morgan fingerprint density at radius 3 is 2.40 bits per heavy atom. The van der Waals surface area contributed by atoms with Crippen LogP contribution in [-0.2, 0) is 10.3 Å². The van der Waals surface area contributed by atoms with Crippen LogP contribution in [-0.4, -0.2) is 28.4 Å². The summed E-state index contributed by atoms with van der Waals surface area (Å²) < 4.78 is 8.50. The first kappa shape index (κ1) is 21.6. The fraction of sp³-hybridized carbons (Fsp3) is 0.172. The molecule has 0 amide bonds. The van der Waals surface area contributed by atoms with E-state index in [9.17, 15) is 4.79 Å². The lowest BCUT2D eigenvalue weighted by atomic mass is 9.81. The predicted octanol–water partition coefficient (Wildman–Crippen LogP) is 6.37. The number of fused-ring (bicyclic) bond motifs is 2. The fourth-order valence-corrected chi connectivity index (χ4v) is 5.87. The van der Waals surface area contributed by atoms with E-state index in [0.29, 0.717) is 5.56 Å². The number of imidazole rings is 1. The number of anilines is 1. The molecule has 174 valence electrons. The number of cyclic esters (lactones) is 1. The van der Waals surface area contributed by atoms with Crippen LogP contribution < -0.4 is 4.90 Å². The van der Waals surface area contributed by atoms with E-state index in [-0.39, 0.29) is 5.97 Å². The number of hydrogen-bond donors (Lipinski definition) is 0. The van der Waals surface area contributed by atoms with Gasteiger partial charge in [0.25, 0.3) is 0 Å². The number of benzene rings is 3. The van der Waals surface area contributed by atoms with Crippen LogP contribution in [0.4, 0.5) is 5.69 Å². The second-order valence-electron chi connectivity index (χ2n) is 8.57. The van der Waals surface area contributed by atoms with E-state index in [0.717, 1.165) is 51.8 Å². The molecule has 0 N–H and O–H groups in total. The number of thiazole rings is 1. The maximum atomic E-state index is 13.3. The summed E-state index contributed by atoms with van der Waals surface area (Å²) in [5.41, 5.74) is 4.98. The summed E-state index contributed by atoms with van der Waals surface area (Å²) >= 11 is 1.57. The summed E-state index contributed by atoms with van der Waals surface area (Å²) in [5.74, 6) is -0.322. The maximum Gasteiger partial charge on any atom is 0.340 e. The standard InChI is InChI=1S/C29H25N3O2S/c1-3-31(4-2)22-16-14-21(15-17-22)29(24-13-9-8-12-23(24)27(33)34-29)26-25(20-10-6-5-7-11-20)30-28-32(26)18-19-35-28/h5-19H,3-4H2,1-2H3. The molecule has 3 aromatic carbocycles. The monoisotopic (exact) mass is 479 g/mol. The van der Waals surface area contributed by atoms with Crippen LogP contribution in [0.25, 0.3) is 16.2 Å². The third kappa shape index (κ3) is 3.21. The molecule has 0 fully saturated rings. The Morgan fingerprint density at radius 1 is 0.943 bits per heavy atom. The molecule has 5 aromatic rings. The lowest BCUT2D eigenvalue weighted by Gasteiger charge is -2.31. The van der Waals surface area contributed by atoms with Gasteiger partial charge in [-0.3, -0.25) is 4.40 Å². The minimum atomic E-state index is -1.12. The van der Waals surface area contributed by atoms with Crippen molar-refractivity contribution in [2.75, 3.05) is 18.0 Å². The van der Waals surface area contributed by atoms with E-state index in [1.54, 1.807) is 11.3 Å². The first-order valence-corrected chi connectivity index (χ1v) is 12.7. The van der Waals surface area contributed by atoms with Crippen molar-refractivity contribution in [1.29, 1.82) is 0 Å².